The first kappa shape index (κ1) is 65.8. The first-order chi connectivity index (χ1) is 45.1. The number of likely N-dealkylation sites (tertiary alicyclic amines) is 1. The lowest BCUT2D eigenvalue weighted by Gasteiger charge is -2.35. The summed E-state index contributed by atoms with van der Waals surface area (Å²) in [5.74, 6) is 1.18. The molecule has 6 heterocycles. The minimum atomic E-state index is -1.55. The molecule has 21 nitrogen and oxygen atoms in total. The molecule has 3 aliphatic carbocycles. The SMILES string of the molecule is Cc1cc([C@@H]2C[C@H]2C(=O)Nc2cc(-c3ccc(OC4CCOCC4)c(CN)c3)ccn2)on1.NCc1cc(-c2cc(NC(=O)C3CC3)ccn2)ccc1O[C@H]1CCN(C(=O)[C@@H](O)CO)C[C@H]1F.NCc1cc(-c2cccc(NC(=O)C3C[C@H]3F)c2)ccc1N1CCCC1. The van der Waals surface area contributed by atoms with Gasteiger partial charge in [0.15, 0.2) is 12.3 Å². The van der Waals surface area contributed by atoms with Gasteiger partial charge in [-0.25, -0.2) is 13.8 Å². The van der Waals surface area contributed by atoms with Crippen LogP contribution in [0.1, 0.15) is 91.8 Å². The zero-order valence-corrected chi connectivity index (χ0v) is 52.1. The topological polar surface area (TPSA) is 309 Å². The highest BCUT2D eigenvalue weighted by molar-refractivity contribution is 5.96. The monoisotopic (exact) mass is 1270 g/mol. The van der Waals surface area contributed by atoms with Crippen molar-refractivity contribution in [1.82, 2.24) is 20.0 Å². The number of piperidine rings is 1. The molecule has 4 amide bonds. The van der Waals surface area contributed by atoms with Gasteiger partial charge in [0.05, 0.1) is 43.7 Å². The Hall–Kier alpha value is -8.71. The van der Waals surface area contributed by atoms with Gasteiger partial charge >= 0.3 is 0 Å². The normalized spacial score (nSPS) is 21.0. The maximum absolute atomic E-state index is 14.8. The number of nitrogens with one attached hydrogen (secondary N) is 3. The van der Waals surface area contributed by atoms with Crippen molar-refractivity contribution in [1.29, 1.82) is 0 Å². The van der Waals surface area contributed by atoms with Crippen molar-refractivity contribution in [3.05, 3.63) is 150 Å². The smallest absolute Gasteiger partial charge is 0.253 e. The number of aliphatic hydroxyl groups excluding tert-OH is 2. The van der Waals surface area contributed by atoms with E-state index < -0.39 is 43.0 Å². The highest BCUT2D eigenvalue weighted by Crippen LogP contribution is 2.48. The molecule has 7 atom stereocenters. The predicted octanol–water partition coefficient (Wildman–Crippen LogP) is 8.74. The number of aromatic nitrogens is 3. The summed E-state index contributed by atoms with van der Waals surface area (Å²) in [6.07, 6.45) is 6.13. The Kier molecular flexibility index (Phi) is 21.5. The van der Waals surface area contributed by atoms with Gasteiger partial charge in [-0.2, -0.15) is 0 Å². The third-order valence-electron chi connectivity index (χ3n) is 17.6. The molecule has 0 spiro atoms. The average molecular weight is 1270 g/mol. The summed E-state index contributed by atoms with van der Waals surface area (Å²) in [7, 11) is 0. The van der Waals surface area contributed by atoms with Crippen molar-refractivity contribution >= 4 is 46.5 Å². The van der Waals surface area contributed by atoms with Crippen LogP contribution in [0.5, 0.6) is 11.5 Å². The van der Waals surface area contributed by atoms with Gasteiger partial charge in [0.25, 0.3) is 5.91 Å². The first-order valence-electron chi connectivity index (χ1n) is 32.1. The maximum Gasteiger partial charge on any atom is 0.253 e. The molecular formula is C70H81F2N11O10. The van der Waals surface area contributed by atoms with Crippen LogP contribution in [0.3, 0.4) is 0 Å². The second kappa shape index (κ2) is 30.4. The van der Waals surface area contributed by atoms with Gasteiger partial charge < -0.3 is 71.9 Å². The molecule has 1 unspecified atom stereocenters. The van der Waals surface area contributed by atoms with E-state index in [2.05, 4.69) is 54.2 Å². The highest BCUT2D eigenvalue weighted by atomic mass is 19.1. The zero-order valence-electron chi connectivity index (χ0n) is 52.1. The van der Waals surface area contributed by atoms with Gasteiger partial charge in [-0.05, 0) is 152 Å². The third kappa shape index (κ3) is 16.9. The lowest BCUT2D eigenvalue weighted by atomic mass is 10.0. The van der Waals surface area contributed by atoms with E-state index in [1.807, 2.05) is 73.7 Å². The number of halogens is 2. The summed E-state index contributed by atoms with van der Waals surface area (Å²) in [4.78, 5) is 61.0. The molecule has 490 valence electrons. The maximum atomic E-state index is 14.8. The summed E-state index contributed by atoms with van der Waals surface area (Å²) >= 11 is 0. The molecule has 3 saturated carbocycles. The van der Waals surface area contributed by atoms with Crippen LogP contribution in [0.4, 0.5) is 31.7 Å². The number of aryl methyl sites for hydroxylation is 1. The van der Waals surface area contributed by atoms with Gasteiger partial charge in [0.1, 0.15) is 41.5 Å². The number of nitrogens with zero attached hydrogens (tertiary/aromatic N) is 5. The number of anilines is 4. The van der Waals surface area contributed by atoms with Gasteiger partial charge in [-0.15, -0.1) is 0 Å². The summed E-state index contributed by atoms with van der Waals surface area (Å²) in [5, 5.41) is 31.0. The summed E-state index contributed by atoms with van der Waals surface area (Å²) in [5.41, 5.74) is 29.6. The summed E-state index contributed by atoms with van der Waals surface area (Å²) in [6.45, 7) is 5.83. The van der Waals surface area contributed by atoms with Crippen LogP contribution in [0, 0.1) is 24.7 Å². The van der Waals surface area contributed by atoms with E-state index >= 15 is 0 Å². The van der Waals surface area contributed by atoms with Gasteiger partial charge in [0, 0.05) is 128 Å². The molecule has 11 N–H and O–H groups in total. The largest absolute Gasteiger partial charge is 0.490 e. The van der Waals surface area contributed by atoms with Crippen molar-refractivity contribution < 1.29 is 56.9 Å². The van der Waals surface area contributed by atoms with Crippen LogP contribution >= 0.6 is 0 Å². The van der Waals surface area contributed by atoms with E-state index in [1.165, 1.54) is 23.4 Å². The van der Waals surface area contributed by atoms with Crippen LogP contribution in [-0.2, 0) is 43.5 Å². The van der Waals surface area contributed by atoms with E-state index in [1.54, 1.807) is 36.7 Å². The number of pyridine rings is 2. The fourth-order valence-corrected chi connectivity index (χ4v) is 11.8. The summed E-state index contributed by atoms with van der Waals surface area (Å²) < 4.78 is 50.6. The third-order valence-corrected chi connectivity index (χ3v) is 17.6. The van der Waals surface area contributed by atoms with Crippen LogP contribution in [-0.4, -0.2) is 131 Å². The van der Waals surface area contributed by atoms with Gasteiger partial charge in [0.2, 0.25) is 17.7 Å². The van der Waals surface area contributed by atoms with Gasteiger partial charge in [-0.3, -0.25) is 24.2 Å². The standard InChI is InChI=1S/C25H28N4O4.C24H29FN4O5.C21H24FN3O/c1-15-10-23(33-29-15)20-13-21(20)25(30)28-24-12-17(4-7-27-24)16-2-3-22(18(11-16)14-26)32-19-5-8-31-9-6-19;25-18-12-29(24(33)20(31)13-30)8-6-22(18)34-21-4-3-15(9-16(21)11-26)19-10-17(5-7-27-19)28-23(32)14-1-2-14;22-19-12-18(19)21(26)24-17-5-3-4-14(11-17)15-6-7-20(16(10-15)13-23)25-8-1-2-9-25/h2-4,7,10-12,19-21H,5-6,8-9,13-14,26H2,1H3,(H,27,28,30);3-5,7,9-10,14,18,20,22,30-31H,1-2,6,8,11-13,26H2,(H,27,28,32);3-7,10-11,18-19H,1-2,8-9,12-13,23H2,(H,24,26)/t20-,21-;18-,20+,22+;18?,19-/m111/s1. The predicted molar refractivity (Wildman–Crippen MR) is 348 cm³/mol. The van der Waals surface area contributed by atoms with E-state index in [0.29, 0.717) is 53.7 Å². The summed E-state index contributed by atoms with van der Waals surface area (Å²) in [6, 6.07) is 34.6. The van der Waals surface area contributed by atoms with Crippen molar-refractivity contribution in [2.24, 2.45) is 35.0 Å². The van der Waals surface area contributed by atoms with Gasteiger partial charge in [-0.1, -0.05) is 29.4 Å². The zero-order chi connectivity index (χ0) is 65.1. The Balaban J connectivity index is 0.000000144. The minimum absolute atomic E-state index is 0.0166. The number of benzene rings is 4. The van der Waals surface area contributed by atoms with Crippen LogP contribution in [0.15, 0.2) is 126 Å². The van der Waals surface area contributed by atoms with E-state index in [0.717, 1.165) is 115 Å². The molecule has 6 aliphatic rings. The highest BCUT2D eigenvalue weighted by Gasteiger charge is 2.47. The van der Waals surface area contributed by atoms with Crippen molar-refractivity contribution in [3.8, 4) is 45.0 Å². The number of hydrogen-bond donors (Lipinski definition) is 8. The number of amides is 4. The molecule has 93 heavy (non-hydrogen) atoms. The number of hydrogen-bond acceptors (Lipinski definition) is 17. The number of aliphatic hydroxyl groups is 2. The lowest BCUT2D eigenvalue weighted by Crippen LogP contribution is -2.52. The number of nitrogens with two attached hydrogens (primary N) is 3. The number of rotatable bonds is 20. The van der Waals surface area contributed by atoms with Crippen LogP contribution in [0.2, 0.25) is 0 Å². The number of alkyl halides is 2. The average Bonchev–Trinajstić information content (AvgIpc) is 1.77. The first-order valence-corrected chi connectivity index (χ1v) is 32.1. The molecule has 4 aromatic carbocycles. The van der Waals surface area contributed by atoms with E-state index in [4.69, 9.17) is 41.0 Å². The Bertz CT molecular complexity index is 3760. The molecule has 23 heteroatoms. The quantitative estimate of drug-likeness (QED) is 0.0354. The molecular weight excluding hydrogens is 1190 g/mol. The molecule has 3 aromatic heterocycles. The van der Waals surface area contributed by atoms with Crippen LogP contribution in [0.25, 0.3) is 33.5 Å². The second-order valence-corrected chi connectivity index (χ2v) is 24.5. The van der Waals surface area contributed by atoms with Crippen molar-refractivity contribution in [2.45, 2.75) is 121 Å². The second-order valence-electron chi connectivity index (χ2n) is 24.5. The molecule has 0 radical (unpaired) electrons. The van der Waals surface area contributed by atoms with Crippen molar-refractivity contribution in [2.75, 3.05) is 66.8 Å². The van der Waals surface area contributed by atoms with Crippen LogP contribution < -0.4 is 47.5 Å². The Labute approximate surface area is 538 Å². The lowest BCUT2D eigenvalue weighted by molar-refractivity contribution is -0.146. The minimum Gasteiger partial charge on any atom is -0.490 e. The molecule has 7 aromatic rings. The molecule has 3 saturated heterocycles. The number of carbonyl (C=O) groups excluding carboxylic acids is 4. The Morgan fingerprint density at radius 2 is 1.29 bits per heavy atom. The number of carbonyl (C=O) groups is 4. The molecule has 6 fully saturated rings. The van der Waals surface area contributed by atoms with Crippen molar-refractivity contribution in [3.63, 3.8) is 0 Å². The Morgan fingerprint density at radius 1 is 0.656 bits per heavy atom. The van der Waals surface area contributed by atoms with E-state index in [9.17, 15) is 33.1 Å². The molecule has 3 aliphatic heterocycles. The fourth-order valence-electron chi connectivity index (χ4n) is 11.8. The Morgan fingerprint density at radius 3 is 1.97 bits per heavy atom. The fraction of sp³-hybridized carbons (Fsp3) is 0.414. The number of ether oxygens (including phenoxy) is 3. The molecule has 0 bridgehead atoms. The molecule has 13 rings (SSSR count). The van der Waals surface area contributed by atoms with E-state index in [-0.39, 0.29) is 67.6 Å².